The smallest absolute Gasteiger partial charge is 0.185 e. The molecule has 5 heteroatoms. The summed E-state index contributed by atoms with van der Waals surface area (Å²) in [6.45, 7) is 8.16. The van der Waals surface area contributed by atoms with Crippen molar-refractivity contribution in [3.63, 3.8) is 0 Å². The summed E-state index contributed by atoms with van der Waals surface area (Å²) in [5.74, 6) is 0. The van der Waals surface area contributed by atoms with Crippen molar-refractivity contribution in [1.82, 2.24) is 10.3 Å². The van der Waals surface area contributed by atoms with Crippen LogP contribution < -0.4 is 10.2 Å². The van der Waals surface area contributed by atoms with E-state index in [0.717, 1.165) is 30.5 Å². The Bertz CT molecular complexity index is 337. The summed E-state index contributed by atoms with van der Waals surface area (Å²) in [5.41, 5.74) is 1.08. The van der Waals surface area contributed by atoms with Crippen LogP contribution in [0.1, 0.15) is 50.1 Å². The number of hydrogen-bond acceptors (Lipinski definition) is 5. The molecule has 1 rings (SSSR count). The third-order valence-corrected chi connectivity index (χ3v) is 4.38. The highest BCUT2D eigenvalue weighted by Gasteiger charge is 2.15. The van der Waals surface area contributed by atoms with Crippen molar-refractivity contribution in [2.75, 3.05) is 32.1 Å². The van der Waals surface area contributed by atoms with Crippen molar-refractivity contribution >= 4 is 16.5 Å². The van der Waals surface area contributed by atoms with Crippen molar-refractivity contribution in [2.45, 2.75) is 52.7 Å². The van der Waals surface area contributed by atoms with Gasteiger partial charge in [-0.15, -0.1) is 11.3 Å². The second kappa shape index (κ2) is 10.1. The fourth-order valence-electron chi connectivity index (χ4n) is 2.05. The predicted octanol–water partition coefficient (Wildman–Crippen LogP) is 3.42. The lowest BCUT2D eigenvalue weighted by Gasteiger charge is -2.21. The zero-order valence-electron chi connectivity index (χ0n) is 13.4. The molecule has 0 spiro atoms. The van der Waals surface area contributed by atoms with Gasteiger partial charge in [-0.1, -0.05) is 26.7 Å². The summed E-state index contributed by atoms with van der Waals surface area (Å²) in [4.78, 5) is 8.54. The molecule has 0 bridgehead atoms. The Labute approximate surface area is 127 Å². The Morgan fingerprint density at radius 2 is 1.85 bits per heavy atom. The molecule has 1 heterocycles. The van der Waals surface area contributed by atoms with Gasteiger partial charge in [-0.2, -0.15) is 0 Å². The van der Waals surface area contributed by atoms with Gasteiger partial charge >= 0.3 is 0 Å². The molecule has 0 fully saturated rings. The Morgan fingerprint density at radius 3 is 2.35 bits per heavy atom. The van der Waals surface area contributed by atoms with Crippen molar-refractivity contribution in [3.05, 3.63) is 10.6 Å². The topological polar surface area (TPSA) is 37.4 Å². The van der Waals surface area contributed by atoms with Crippen molar-refractivity contribution in [1.29, 1.82) is 0 Å². The van der Waals surface area contributed by atoms with E-state index in [4.69, 9.17) is 9.72 Å². The summed E-state index contributed by atoms with van der Waals surface area (Å²) < 4.78 is 5.27. The van der Waals surface area contributed by atoms with Crippen molar-refractivity contribution in [2.24, 2.45) is 0 Å². The molecule has 1 N–H and O–H groups in total. The van der Waals surface area contributed by atoms with Gasteiger partial charge in [0.15, 0.2) is 5.13 Å². The van der Waals surface area contributed by atoms with Gasteiger partial charge < -0.3 is 15.0 Å². The van der Waals surface area contributed by atoms with E-state index in [9.17, 15) is 0 Å². The zero-order valence-corrected chi connectivity index (χ0v) is 14.2. The molecular weight excluding hydrogens is 270 g/mol. The molecule has 0 aliphatic rings. The number of ether oxygens (including phenoxy) is 1. The Morgan fingerprint density at radius 1 is 1.20 bits per heavy atom. The molecule has 1 aromatic rings. The average Bonchev–Trinajstić information content (AvgIpc) is 2.83. The molecule has 0 saturated heterocycles. The first kappa shape index (κ1) is 17.4. The van der Waals surface area contributed by atoms with Crippen LogP contribution in [0, 0.1) is 0 Å². The molecule has 0 aliphatic carbocycles. The largest absolute Gasteiger partial charge is 0.378 e. The minimum absolute atomic E-state index is 0.600. The predicted molar refractivity (Wildman–Crippen MR) is 87.6 cm³/mol. The summed E-state index contributed by atoms with van der Waals surface area (Å²) in [6, 6.07) is 0. The SMILES string of the molecule is CCCCN(CCCC)c1nc(COC)c(CNC)s1. The molecule has 1 aromatic heterocycles. The van der Waals surface area contributed by atoms with Crippen LogP contribution in [0.2, 0.25) is 0 Å². The first-order valence-corrected chi connectivity index (χ1v) is 8.45. The van der Waals surface area contributed by atoms with Gasteiger partial charge in [-0.3, -0.25) is 0 Å². The number of aromatic nitrogens is 1. The molecule has 0 aliphatic heterocycles. The molecule has 0 radical (unpaired) electrons. The average molecular weight is 299 g/mol. The molecule has 4 nitrogen and oxygen atoms in total. The lowest BCUT2D eigenvalue weighted by Crippen LogP contribution is -2.25. The highest BCUT2D eigenvalue weighted by molar-refractivity contribution is 7.15. The second-order valence-corrected chi connectivity index (χ2v) is 6.09. The van der Waals surface area contributed by atoms with Gasteiger partial charge in [-0.25, -0.2) is 4.98 Å². The summed E-state index contributed by atoms with van der Waals surface area (Å²) in [5, 5.41) is 4.37. The highest BCUT2D eigenvalue weighted by atomic mass is 32.1. The molecule has 20 heavy (non-hydrogen) atoms. The van der Waals surface area contributed by atoms with E-state index in [0.29, 0.717) is 6.61 Å². The number of anilines is 1. The van der Waals surface area contributed by atoms with E-state index in [1.54, 1.807) is 18.4 Å². The summed E-state index contributed by atoms with van der Waals surface area (Å²) in [6.07, 6.45) is 4.90. The van der Waals surface area contributed by atoms with Gasteiger partial charge in [0.2, 0.25) is 0 Å². The fourth-order valence-corrected chi connectivity index (χ4v) is 3.18. The molecule has 0 atom stereocenters. The molecule has 116 valence electrons. The lowest BCUT2D eigenvalue weighted by atomic mass is 10.3. The van der Waals surface area contributed by atoms with E-state index in [-0.39, 0.29) is 0 Å². The van der Waals surface area contributed by atoms with Crippen LogP contribution in [0.4, 0.5) is 5.13 Å². The van der Waals surface area contributed by atoms with Crippen molar-refractivity contribution < 1.29 is 4.74 Å². The minimum Gasteiger partial charge on any atom is -0.378 e. The lowest BCUT2D eigenvalue weighted by molar-refractivity contribution is 0.181. The Hall–Kier alpha value is -0.650. The molecule has 0 aromatic carbocycles. The summed E-state index contributed by atoms with van der Waals surface area (Å²) in [7, 11) is 3.70. The molecule has 0 saturated carbocycles. The molecule has 0 amide bonds. The van der Waals surface area contributed by atoms with Gasteiger partial charge in [0.1, 0.15) is 0 Å². The van der Waals surface area contributed by atoms with Crippen LogP contribution in [-0.2, 0) is 17.9 Å². The van der Waals surface area contributed by atoms with Gasteiger partial charge in [0.25, 0.3) is 0 Å². The number of rotatable bonds is 11. The quantitative estimate of drug-likeness (QED) is 0.679. The number of hydrogen-bond donors (Lipinski definition) is 1. The van der Waals surface area contributed by atoms with Crippen LogP contribution >= 0.6 is 11.3 Å². The molecule has 0 unspecified atom stereocenters. The maximum atomic E-state index is 5.27. The third-order valence-electron chi connectivity index (χ3n) is 3.22. The standard InChI is InChI=1S/C15H29N3OS/c1-5-7-9-18(10-8-6-2)15-17-13(12-19-4)14(20-15)11-16-3/h16H,5-12H2,1-4H3. The van der Waals surface area contributed by atoms with Crippen LogP contribution in [0.5, 0.6) is 0 Å². The van der Waals surface area contributed by atoms with E-state index in [2.05, 4.69) is 24.1 Å². The third kappa shape index (κ3) is 5.38. The number of nitrogens with zero attached hydrogens (tertiary/aromatic N) is 2. The van der Waals surface area contributed by atoms with E-state index < -0.39 is 0 Å². The Balaban J connectivity index is 2.84. The summed E-state index contributed by atoms with van der Waals surface area (Å²) >= 11 is 1.81. The van der Waals surface area contributed by atoms with Gasteiger partial charge in [0, 0.05) is 31.6 Å². The van der Waals surface area contributed by atoms with Gasteiger partial charge in [-0.05, 0) is 19.9 Å². The molecular formula is C15H29N3OS. The highest BCUT2D eigenvalue weighted by Crippen LogP contribution is 2.27. The minimum atomic E-state index is 0.600. The van der Waals surface area contributed by atoms with Crippen molar-refractivity contribution in [3.8, 4) is 0 Å². The van der Waals surface area contributed by atoms with E-state index in [1.807, 2.05) is 7.05 Å². The van der Waals surface area contributed by atoms with Crippen LogP contribution in [0.3, 0.4) is 0 Å². The van der Waals surface area contributed by atoms with Crippen LogP contribution in [0.25, 0.3) is 0 Å². The fraction of sp³-hybridized carbons (Fsp3) is 0.800. The Kier molecular flexibility index (Phi) is 8.82. The monoisotopic (exact) mass is 299 g/mol. The van der Waals surface area contributed by atoms with E-state index in [1.165, 1.54) is 30.6 Å². The number of thiazole rings is 1. The maximum Gasteiger partial charge on any atom is 0.185 e. The van der Waals surface area contributed by atoms with Crippen LogP contribution in [0.15, 0.2) is 0 Å². The number of methoxy groups -OCH3 is 1. The number of unbranched alkanes of at least 4 members (excludes halogenated alkanes) is 2. The first-order chi connectivity index (χ1) is 9.76. The van der Waals surface area contributed by atoms with E-state index >= 15 is 0 Å². The normalized spacial score (nSPS) is 11.0. The first-order valence-electron chi connectivity index (χ1n) is 7.63. The zero-order chi connectivity index (χ0) is 14.8. The maximum absolute atomic E-state index is 5.27. The van der Waals surface area contributed by atoms with Gasteiger partial charge in [0.05, 0.1) is 12.3 Å². The second-order valence-electron chi connectivity index (χ2n) is 5.02. The van der Waals surface area contributed by atoms with Crippen LogP contribution in [-0.4, -0.2) is 32.2 Å². The number of nitrogens with one attached hydrogen (secondary N) is 1.